The Hall–Kier alpha value is -9.11. The lowest BCUT2D eigenvalue weighted by Crippen LogP contribution is -2.12. The molecule has 15 heteroatoms. The Kier molecular flexibility index (Phi) is 9.39. The molecule has 0 unspecified atom stereocenters. The fourth-order valence-corrected chi connectivity index (χ4v) is 9.04. The number of fused-ring (bicyclic) bond motifs is 6. The maximum atomic E-state index is 16.8. The van der Waals surface area contributed by atoms with Crippen molar-refractivity contribution in [3.63, 3.8) is 0 Å². The Morgan fingerprint density at radius 1 is 0.338 bits per heavy atom. The molecule has 6 aromatic carbocycles. The third-order valence-electron chi connectivity index (χ3n) is 11.9. The highest BCUT2D eigenvalue weighted by Gasteiger charge is 2.35. The van der Waals surface area contributed by atoms with Gasteiger partial charge in [-0.2, -0.15) is 13.2 Å². The van der Waals surface area contributed by atoms with Gasteiger partial charge in [0.2, 0.25) is 0 Å². The predicted octanol–water partition coefficient (Wildman–Crippen LogP) is 12.7. The van der Waals surface area contributed by atoms with Crippen LogP contribution in [0.3, 0.4) is 0 Å². The fourth-order valence-electron chi connectivity index (χ4n) is 9.04. The lowest BCUT2D eigenvalue weighted by atomic mass is 9.96. The van der Waals surface area contributed by atoms with Crippen molar-refractivity contribution < 1.29 is 22.0 Å². The number of rotatable bonds is 7. The third-order valence-corrected chi connectivity index (χ3v) is 11.9. The van der Waals surface area contributed by atoms with E-state index in [4.69, 9.17) is 0 Å². The Morgan fingerprint density at radius 2 is 0.632 bits per heavy atom. The van der Waals surface area contributed by atoms with E-state index in [0.717, 1.165) is 24.3 Å². The van der Waals surface area contributed by atoms with E-state index in [1.807, 2.05) is 24.3 Å². The highest BCUT2D eigenvalue weighted by Crippen LogP contribution is 2.47. The quantitative estimate of drug-likeness (QED) is 0.145. The highest BCUT2D eigenvalue weighted by atomic mass is 19.4. The van der Waals surface area contributed by atoms with Crippen LogP contribution in [-0.4, -0.2) is 49.0 Å². The zero-order chi connectivity index (χ0) is 46.1. The average molecular weight is 901 g/mol. The van der Waals surface area contributed by atoms with Crippen LogP contribution >= 0.6 is 0 Å². The topological polar surface area (TPSA) is 113 Å². The largest absolute Gasteiger partial charge is 0.416 e. The smallest absolute Gasteiger partial charge is 0.309 e. The molecule has 0 atom stereocenters. The van der Waals surface area contributed by atoms with Crippen molar-refractivity contribution in [3.8, 4) is 68.1 Å². The summed E-state index contributed by atoms with van der Waals surface area (Å²) < 4.78 is 84.0. The fraction of sp³-hybridized carbons (Fsp3) is 0.0189. The van der Waals surface area contributed by atoms with Crippen LogP contribution in [0, 0.1) is 11.6 Å². The van der Waals surface area contributed by atoms with Crippen LogP contribution in [0.2, 0.25) is 0 Å². The van der Waals surface area contributed by atoms with E-state index in [1.165, 1.54) is 6.07 Å². The Morgan fingerprint density at radius 3 is 0.912 bits per heavy atom. The molecule has 6 aromatic heterocycles. The van der Waals surface area contributed by atoms with Gasteiger partial charge in [0.15, 0.2) is 23.3 Å². The molecule has 0 bridgehead atoms. The van der Waals surface area contributed by atoms with E-state index in [0.29, 0.717) is 89.2 Å². The molecule has 12 aromatic rings. The van der Waals surface area contributed by atoms with Crippen molar-refractivity contribution in [2.45, 2.75) is 6.18 Å². The van der Waals surface area contributed by atoms with Crippen molar-refractivity contribution in [3.05, 3.63) is 194 Å². The summed E-state index contributed by atoms with van der Waals surface area (Å²) in [6.07, 6.45) is 7.97. The van der Waals surface area contributed by atoms with Crippen LogP contribution in [0.15, 0.2) is 177 Å². The first-order chi connectivity index (χ1) is 33.2. The molecular formula is C53H29F5N10. The lowest BCUT2D eigenvalue weighted by Gasteiger charge is -2.23. The number of halogens is 5. The van der Waals surface area contributed by atoms with Gasteiger partial charge in [0.05, 0.1) is 44.6 Å². The molecule has 0 spiro atoms. The van der Waals surface area contributed by atoms with Gasteiger partial charge in [0, 0.05) is 98.9 Å². The minimum absolute atomic E-state index is 0.134. The van der Waals surface area contributed by atoms with E-state index in [-0.39, 0.29) is 16.9 Å². The van der Waals surface area contributed by atoms with Crippen molar-refractivity contribution in [1.29, 1.82) is 0 Å². The zero-order valence-corrected chi connectivity index (χ0v) is 35.1. The van der Waals surface area contributed by atoms with E-state index in [9.17, 15) is 0 Å². The molecule has 0 saturated heterocycles. The molecule has 68 heavy (non-hydrogen) atoms. The normalized spacial score (nSPS) is 11.9. The van der Waals surface area contributed by atoms with Gasteiger partial charge in [-0.25, -0.2) is 48.7 Å². The molecule has 6 heterocycles. The molecule has 0 fully saturated rings. The molecule has 0 amide bonds. The van der Waals surface area contributed by atoms with Crippen LogP contribution in [-0.2, 0) is 6.18 Å². The molecule has 12 rings (SSSR count). The van der Waals surface area contributed by atoms with Gasteiger partial charge < -0.3 is 9.13 Å². The summed E-state index contributed by atoms with van der Waals surface area (Å²) in [5, 5.41) is 2.41. The first kappa shape index (κ1) is 40.4. The molecular weight excluding hydrogens is 872 g/mol. The van der Waals surface area contributed by atoms with E-state index >= 15 is 22.0 Å². The van der Waals surface area contributed by atoms with Crippen molar-refractivity contribution in [2.24, 2.45) is 0 Å². The molecule has 10 nitrogen and oxygen atoms in total. The molecule has 0 aliphatic heterocycles. The summed E-state index contributed by atoms with van der Waals surface area (Å²) in [7, 11) is 0. The van der Waals surface area contributed by atoms with Crippen LogP contribution in [0.25, 0.3) is 112 Å². The maximum Gasteiger partial charge on any atom is 0.416 e. The molecule has 0 N–H and O–H groups in total. The van der Waals surface area contributed by atoms with E-state index in [2.05, 4.69) is 39.9 Å². The minimum atomic E-state index is -4.93. The number of hydrogen-bond acceptors (Lipinski definition) is 8. The average Bonchev–Trinajstić information content (AvgIpc) is 3.88. The first-order valence-electron chi connectivity index (χ1n) is 21.2. The van der Waals surface area contributed by atoms with Gasteiger partial charge in [-0.05, 0) is 121 Å². The van der Waals surface area contributed by atoms with Gasteiger partial charge in [0.25, 0.3) is 0 Å². The van der Waals surface area contributed by atoms with Crippen LogP contribution in [0.4, 0.5) is 22.0 Å². The maximum absolute atomic E-state index is 16.8. The summed E-state index contributed by atoms with van der Waals surface area (Å²) in [6.45, 7) is 0. The van der Waals surface area contributed by atoms with Crippen molar-refractivity contribution in [2.75, 3.05) is 0 Å². The first-order valence-corrected chi connectivity index (χ1v) is 21.2. The number of nitrogens with zero attached hydrogens (tertiary/aromatic N) is 10. The summed E-state index contributed by atoms with van der Waals surface area (Å²) in [5.74, 6) is -0.278. The van der Waals surface area contributed by atoms with Crippen molar-refractivity contribution >= 4 is 43.6 Å². The number of benzene rings is 6. The van der Waals surface area contributed by atoms with Crippen LogP contribution < -0.4 is 0 Å². The van der Waals surface area contributed by atoms with E-state index < -0.39 is 28.9 Å². The Labute approximate surface area is 381 Å². The number of aromatic nitrogens is 10. The molecule has 0 aliphatic carbocycles. The predicted molar refractivity (Wildman–Crippen MR) is 250 cm³/mol. The molecule has 0 saturated carbocycles. The second-order valence-corrected chi connectivity index (χ2v) is 15.9. The monoisotopic (exact) mass is 900 g/mol. The van der Waals surface area contributed by atoms with Crippen LogP contribution in [0.5, 0.6) is 0 Å². The van der Waals surface area contributed by atoms with Gasteiger partial charge >= 0.3 is 6.18 Å². The Bertz CT molecular complexity index is 3480. The zero-order valence-electron chi connectivity index (χ0n) is 35.1. The highest BCUT2D eigenvalue weighted by molar-refractivity contribution is 6.14. The second-order valence-electron chi connectivity index (χ2n) is 15.9. The van der Waals surface area contributed by atoms with Gasteiger partial charge in [0.1, 0.15) is 11.6 Å². The lowest BCUT2D eigenvalue weighted by molar-refractivity contribution is -0.137. The molecule has 0 radical (unpaired) electrons. The summed E-state index contributed by atoms with van der Waals surface area (Å²) >= 11 is 0. The summed E-state index contributed by atoms with van der Waals surface area (Å²) in [6, 6.07) is 33.6. The Balaban J connectivity index is 1.24. The second kappa shape index (κ2) is 15.8. The summed E-state index contributed by atoms with van der Waals surface area (Å²) in [4.78, 5) is 35.6. The molecule has 326 valence electrons. The minimum Gasteiger partial charge on any atom is -0.309 e. The summed E-state index contributed by atoms with van der Waals surface area (Å²) in [5.41, 5.74) is 2.31. The number of alkyl halides is 3. The van der Waals surface area contributed by atoms with Gasteiger partial charge in [-0.15, -0.1) is 0 Å². The van der Waals surface area contributed by atoms with Gasteiger partial charge in [-0.1, -0.05) is 6.07 Å². The van der Waals surface area contributed by atoms with E-state index in [1.54, 1.807) is 132 Å². The SMILES string of the molecule is Fc1cccc(F)c1-c1c(-n2c3ccc(-c4ncccn4)cc3c3cc(-c4ncccn4)ccc32)cc(C(F)(F)F)cc1-n1c2ccc(-c3ncccn3)cc2c2cc(-c3ncccn3)ccc21. The third kappa shape index (κ3) is 6.70. The van der Waals surface area contributed by atoms with Crippen molar-refractivity contribution in [1.82, 2.24) is 49.0 Å². The standard InChI is InChI=1S/C53H29F5N10/c54-39-6-1-7-40(55)47(39)48-45(67-41-12-8-30(49-59-16-2-17-60-49)24-35(41)36-25-31(9-13-42(36)67)50-61-18-3-19-62-50)28-34(53(56,57)58)29-46(48)68-43-14-10-32(51-63-20-4-21-64-51)26-37(43)38-27-33(11-15-44(38)68)52-65-22-5-23-66-52/h1-29H. The molecule has 0 aliphatic rings. The number of hydrogen-bond donors (Lipinski definition) is 0. The van der Waals surface area contributed by atoms with Gasteiger partial charge in [-0.3, -0.25) is 0 Å². The van der Waals surface area contributed by atoms with Crippen LogP contribution in [0.1, 0.15) is 5.56 Å².